The molecule has 3 heteroatoms. The molecule has 2 aromatic carbocycles. The van der Waals surface area contributed by atoms with Gasteiger partial charge in [0.25, 0.3) is 0 Å². The molecule has 0 unspecified atom stereocenters. The van der Waals surface area contributed by atoms with E-state index >= 15 is 0 Å². The van der Waals surface area contributed by atoms with Crippen LogP contribution in [0.25, 0.3) is 22.5 Å². The maximum absolute atomic E-state index is 4.64. The van der Waals surface area contributed by atoms with Gasteiger partial charge in [0.2, 0.25) is 0 Å². The van der Waals surface area contributed by atoms with Crippen molar-refractivity contribution in [3.63, 3.8) is 0 Å². The maximum atomic E-state index is 4.64. The lowest BCUT2D eigenvalue weighted by atomic mass is 10.0. The Morgan fingerprint density at radius 2 is 1.21 bits per heavy atom. The highest BCUT2D eigenvalue weighted by Crippen LogP contribution is 2.28. The molecule has 0 aliphatic carbocycles. The molecule has 0 saturated carbocycles. The summed E-state index contributed by atoms with van der Waals surface area (Å²) < 4.78 is 0.899. The first-order valence-electron chi connectivity index (χ1n) is 5.98. The molecule has 0 spiro atoms. The minimum Gasteiger partial charge on any atom is -0.251 e. The van der Waals surface area contributed by atoms with Crippen LogP contribution >= 0.6 is 22.6 Å². The van der Waals surface area contributed by atoms with E-state index in [-0.39, 0.29) is 0 Å². The molecular weight excluding hydrogens is 347 g/mol. The minimum atomic E-state index is 0.899. The van der Waals surface area contributed by atoms with Crippen molar-refractivity contribution in [2.24, 2.45) is 0 Å². The second-order valence-electron chi connectivity index (χ2n) is 4.12. The van der Waals surface area contributed by atoms with Gasteiger partial charge < -0.3 is 0 Å². The van der Waals surface area contributed by atoms with Crippen LogP contribution in [0.5, 0.6) is 0 Å². The lowest BCUT2D eigenvalue weighted by Gasteiger charge is -2.08. The average molecular weight is 358 g/mol. The van der Waals surface area contributed by atoms with E-state index < -0.39 is 0 Å². The summed E-state index contributed by atoms with van der Waals surface area (Å²) in [5, 5.41) is 0. The Labute approximate surface area is 125 Å². The summed E-state index contributed by atoms with van der Waals surface area (Å²) in [6, 6.07) is 20.3. The summed E-state index contributed by atoms with van der Waals surface area (Å²) in [6.07, 6.45) is 1.80. The van der Waals surface area contributed by atoms with Gasteiger partial charge in [0.1, 0.15) is 3.70 Å². The van der Waals surface area contributed by atoms with E-state index in [1.54, 1.807) is 6.20 Å². The predicted molar refractivity (Wildman–Crippen MR) is 85.6 cm³/mol. The fourth-order valence-corrected chi connectivity index (χ4v) is 2.35. The van der Waals surface area contributed by atoms with Crippen molar-refractivity contribution < 1.29 is 0 Å². The van der Waals surface area contributed by atoms with Crippen LogP contribution < -0.4 is 0 Å². The molecule has 0 radical (unpaired) electrons. The molecule has 1 aromatic heterocycles. The zero-order valence-corrected chi connectivity index (χ0v) is 12.3. The van der Waals surface area contributed by atoms with Crippen LogP contribution in [0.15, 0.2) is 66.9 Å². The number of rotatable bonds is 2. The van der Waals surface area contributed by atoms with Crippen molar-refractivity contribution in [1.82, 2.24) is 9.97 Å². The molecule has 0 fully saturated rings. The van der Waals surface area contributed by atoms with Crippen LogP contribution in [-0.2, 0) is 0 Å². The molecule has 1 heterocycles. The Bertz CT molecular complexity index is 682. The zero-order valence-electron chi connectivity index (χ0n) is 10.1. The Kier molecular flexibility index (Phi) is 3.55. The van der Waals surface area contributed by atoms with Crippen LogP contribution in [0.2, 0.25) is 0 Å². The third-order valence-corrected chi connectivity index (χ3v) is 3.36. The molecule has 0 aliphatic rings. The van der Waals surface area contributed by atoms with Crippen molar-refractivity contribution in [2.45, 2.75) is 0 Å². The van der Waals surface area contributed by atoms with E-state index in [1.807, 2.05) is 36.4 Å². The van der Waals surface area contributed by atoms with E-state index in [2.05, 4.69) is 56.8 Å². The summed E-state index contributed by atoms with van der Waals surface area (Å²) in [5.74, 6) is 0. The topological polar surface area (TPSA) is 25.8 Å². The number of aromatic nitrogens is 2. The summed E-state index contributed by atoms with van der Waals surface area (Å²) in [5.41, 5.74) is 4.03. The highest BCUT2D eigenvalue weighted by molar-refractivity contribution is 14.1. The monoisotopic (exact) mass is 358 g/mol. The van der Waals surface area contributed by atoms with Gasteiger partial charge in [-0.15, -0.1) is 0 Å². The van der Waals surface area contributed by atoms with Gasteiger partial charge in [-0.2, -0.15) is 0 Å². The molecule has 3 rings (SSSR count). The number of nitrogens with zero attached hydrogens (tertiary/aromatic N) is 2. The fourth-order valence-electron chi connectivity index (χ4n) is 1.97. The highest BCUT2D eigenvalue weighted by Gasteiger charge is 2.10. The predicted octanol–water partition coefficient (Wildman–Crippen LogP) is 4.42. The van der Waals surface area contributed by atoms with Crippen LogP contribution in [-0.4, -0.2) is 9.97 Å². The van der Waals surface area contributed by atoms with E-state index in [9.17, 15) is 0 Å². The average Bonchev–Trinajstić information content (AvgIpc) is 2.49. The summed E-state index contributed by atoms with van der Waals surface area (Å²) >= 11 is 2.19. The standard InChI is InChI=1S/C16H11IN2/c17-14-11-18-15(12-7-3-1-4-8-12)16(19-14)13-9-5-2-6-10-13/h1-11H. The molecule has 0 atom stereocenters. The molecule has 92 valence electrons. The van der Waals surface area contributed by atoms with Crippen LogP contribution in [0.4, 0.5) is 0 Å². The first-order valence-corrected chi connectivity index (χ1v) is 7.06. The smallest absolute Gasteiger partial charge is 0.120 e. The Balaban J connectivity index is 2.21. The second-order valence-corrected chi connectivity index (χ2v) is 5.23. The highest BCUT2D eigenvalue weighted by atomic mass is 127. The molecular formula is C16H11IN2. The lowest BCUT2D eigenvalue weighted by Crippen LogP contribution is -1.95. The molecule has 19 heavy (non-hydrogen) atoms. The molecule has 3 aromatic rings. The maximum Gasteiger partial charge on any atom is 0.120 e. The van der Waals surface area contributed by atoms with E-state index in [0.29, 0.717) is 0 Å². The molecule has 0 saturated heterocycles. The van der Waals surface area contributed by atoms with Crippen LogP contribution in [0.3, 0.4) is 0 Å². The number of benzene rings is 2. The van der Waals surface area contributed by atoms with Crippen molar-refractivity contribution in [3.05, 3.63) is 70.6 Å². The Morgan fingerprint density at radius 3 is 1.79 bits per heavy atom. The van der Waals surface area contributed by atoms with Crippen LogP contribution in [0.1, 0.15) is 0 Å². The van der Waals surface area contributed by atoms with Gasteiger partial charge in [0.15, 0.2) is 0 Å². The number of halogens is 1. The number of hydrogen-bond acceptors (Lipinski definition) is 2. The molecule has 0 N–H and O–H groups in total. The molecule has 0 bridgehead atoms. The summed E-state index contributed by atoms with van der Waals surface area (Å²) in [4.78, 5) is 9.20. The molecule has 2 nitrogen and oxygen atoms in total. The first-order chi connectivity index (χ1) is 9.34. The van der Waals surface area contributed by atoms with Gasteiger partial charge in [-0.3, -0.25) is 4.98 Å². The summed E-state index contributed by atoms with van der Waals surface area (Å²) in [6.45, 7) is 0. The summed E-state index contributed by atoms with van der Waals surface area (Å²) in [7, 11) is 0. The van der Waals surface area contributed by atoms with E-state index in [1.165, 1.54) is 0 Å². The molecule has 0 amide bonds. The Morgan fingerprint density at radius 1 is 0.684 bits per heavy atom. The van der Waals surface area contributed by atoms with E-state index in [4.69, 9.17) is 0 Å². The quantitative estimate of drug-likeness (QED) is 0.634. The van der Waals surface area contributed by atoms with Crippen molar-refractivity contribution in [1.29, 1.82) is 0 Å². The largest absolute Gasteiger partial charge is 0.251 e. The lowest BCUT2D eigenvalue weighted by molar-refractivity contribution is 1.17. The third kappa shape index (κ3) is 2.66. The van der Waals surface area contributed by atoms with Gasteiger partial charge in [-0.05, 0) is 22.6 Å². The van der Waals surface area contributed by atoms with Crippen molar-refractivity contribution in [3.8, 4) is 22.5 Å². The van der Waals surface area contributed by atoms with Gasteiger partial charge in [-0.1, -0.05) is 60.7 Å². The van der Waals surface area contributed by atoms with Crippen LogP contribution in [0, 0.1) is 3.70 Å². The number of hydrogen-bond donors (Lipinski definition) is 0. The second kappa shape index (κ2) is 5.48. The normalized spacial score (nSPS) is 10.4. The van der Waals surface area contributed by atoms with Gasteiger partial charge in [0, 0.05) is 11.1 Å². The van der Waals surface area contributed by atoms with Gasteiger partial charge in [-0.25, -0.2) is 4.98 Å². The SMILES string of the molecule is Ic1cnc(-c2ccccc2)c(-c2ccccc2)n1. The van der Waals surface area contributed by atoms with Crippen molar-refractivity contribution >= 4 is 22.6 Å². The zero-order chi connectivity index (χ0) is 13.1. The van der Waals surface area contributed by atoms with Gasteiger partial charge in [0.05, 0.1) is 17.6 Å². The molecule has 0 aliphatic heterocycles. The fraction of sp³-hybridized carbons (Fsp3) is 0. The first kappa shape index (κ1) is 12.3. The van der Waals surface area contributed by atoms with Crippen molar-refractivity contribution in [2.75, 3.05) is 0 Å². The Hall–Kier alpha value is -1.75. The van der Waals surface area contributed by atoms with E-state index in [0.717, 1.165) is 26.2 Å². The minimum absolute atomic E-state index is 0.899. The third-order valence-electron chi connectivity index (χ3n) is 2.84. The van der Waals surface area contributed by atoms with Gasteiger partial charge >= 0.3 is 0 Å².